The topological polar surface area (TPSA) is 32.3 Å². The molecule has 1 aromatic rings. The van der Waals surface area contributed by atoms with Crippen molar-refractivity contribution in [1.29, 1.82) is 0 Å². The van der Waals surface area contributed by atoms with Crippen molar-refractivity contribution in [3.05, 3.63) is 32.9 Å². The fourth-order valence-electron chi connectivity index (χ4n) is 2.70. The first kappa shape index (κ1) is 15.8. The molecule has 1 N–H and O–H groups in total. The number of halogens is 1. The fourth-order valence-corrected chi connectivity index (χ4v) is 3.20. The minimum Gasteiger partial charge on any atom is -0.339 e. The van der Waals surface area contributed by atoms with E-state index in [1.165, 1.54) is 0 Å². The van der Waals surface area contributed by atoms with Crippen molar-refractivity contribution in [2.75, 3.05) is 26.2 Å². The molecule has 4 heteroatoms. The monoisotopic (exact) mass is 386 g/mol. The van der Waals surface area contributed by atoms with Crippen LogP contribution in [0.15, 0.2) is 18.2 Å². The summed E-state index contributed by atoms with van der Waals surface area (Å²) in [6, 6.07) is 5.97. The van der Waals surface area contributed by atoms with E-state index in [2.05, 4.69) is 40.9 Å². The molecule has 0 atom stereocenters. The van der Waals surface area contributed by atoms with Crippen LogP contribution in [0.3, 0.4) is 0 Å². The molecule has 1 saturated heterocycles. The molecule has 1 aliphatic rings. The lowest BCUT2D eigenvalue weighted by Gasteiger charge is -2.32. The average molecular weight is 386 g/mol. The molecule has 1 amide bonds. The molecule has 3 nitrogen and oxygen atoms in total. The van der Waals surface area contributed by atoms with Gasteiger partial charge in [0.1, 0.15) is 0 Å². The number of amides is 1. The van der Waals surface area contributed by atoms with Gasteiger partial charge in [0.2, 0.25) is 0 Å². The third-order valence-corrected chi connectivity index (χ3v) is 5.25. The quantitative estimate of drug-likeness (QED) is 0.807. The first-order chi connectivity index (χ1) is 9.63. The minimum atomic E-state index is 0.197. The molecular weight excluding hydrogens is 363 g/mol. The van der Waals surface area contributed by atoms with Crippen LogP contribution in [0.2, 0.25) is 0 Å². The van der Waals surface area contributed by atoms with Gasteiger partial charge in [-0.25, -0.2) is 0 Å². The molecule has 0 radical (unpaired) electrons. The summed E-state index contributed by atoms with van der Waals surface area (Å²) >= 11 is 2.29. The zero-order chi connectivity index (χ0) is 14.5. The van der Waals surface area contributed by atoms with Crippen LogP contribution in [0.5, 0.6) is 0 Å². The Labute approximate surface area is 135 Å². The Hall–Kier alpha value is -0.620. The van der Waals surface area contributed by atoms with Crippen LogP contribution in [-0.4, -0.2) is 37.0 Å². The maximum absolute atomic E-state index is 12.6. The van der Waals surface area contributed by atoms with Crippen molar-refractivity contribution in [3.8, 4) is 0 Å². The van der Waals surface area contributed by atoms with Crippen molar-refractivity contribution in [2.45, 2.75) is 26.7 Å². The van der Waals surface area contributed by atoms with Crippen LogP contribution in [0, 0.1) is 16.4 Å². The summed E-state index contributed by atoms with van der Waals surface area (Å²) in [5.74, 6) is 0.916. The molecular formula is C16H23IN2O. The SMILES string of the molecule is CCNCC1CCN(C(=O)c2cccc(I)c2C)CC1. The first-order valence-electron chi connectivity index (χ1n) is 7.38. The minimum absolute atomic E-state index is 0.197. The lowest BCUT2D eigenvalue weighted by atomic mass is 9.96. The van der Waals surface area contributed by atoms with Crippen LogP contribution >= 0.6 is 22.6 Å². The van der Waals surface area contributed by atoms with Crippen molar-refractivity contribution in [1.82, 2.24) is 10.2 Å². The highest BCUT2D eigenvalue weighted by Crippen LogP contribution is 2.21. The van der Waals surface area contributed by atoms with Crippen molar-refractivity contribution >= 4 is 28.5 Å². The van der Waals surface area contributed by atoms with Crippen LogP contribution in [-0.2, 0) is 0 Å². The van der Waals surface area contributed by atoms with Gasteiger partial charge in [-0.05, 0) is 79.1 Å². The van der Waals surface area contributed by atoms with Gasteiger partial charge in [-0.1, -0.05) is 13.0 Å². The Morgan fingerprint density at radius 2 is 2.10 bits per heavy atom. The van der Waals surface area contributed by atoms with E-state index in [0.29, 0.717) is 0 Å². The van der Waals surface area contributed by atoms with Gasteiger partial charge in [-0.2, -0.15) is 0 Å². The van der Waals surface area contributed by atoms with Gasteiger partial charge in [-0.3, -0.25) is 4.79 Å². The lowest BCUT2D eigenvalue weighted by molar-refractivity contribution is 0.0689. The van der Waals surface area contributed by atoms with Crippen LogP contribution in [0.4, 0.5) is 0 Å². The van der Waals surface area contributed by atoms with Crippen molar-refractivity contribution in [2.24, 2.45) is 5.92 Å². The molecule has 0 aromatic heterocycles. The predicted molar refractivity (Wildman–Crippen MR) is 91.1 cm³/mol. The number of carbonyl (C=O) groups is 1. The van der Waals surface area contributed by atoms with E-state index in [9.17, 15) is 4.79 Å². The van der Waals surface area contributed by atoms with E-state index >= 15 is 0 Å². The summed E-state index contributed by atoms with van der Waals surface area (Å²) < 4.78 is 1.16. The number of piperidine rings is 1. The second kappa shape index (κ2) is 7.41. The van der Waals surface area contributed by atoms with Gasteiger partial charge in [0, 0.05) is 22.2 Å². The highest BCUT2D eigenvalue weighted by molar-refractivity contribution is 14.1. The zero-order valence-electron chi connectivity index (χ0n) is 12.3. The number of hydrogen-bond acceptors (Lipinski definition) is 2. The normalized spacial score (nSPS) is 16.4. The van der Waals surface area contributed by atoms with Crippen molar-refractivity contribution < 1.29 is 4.79 Å². The van der Waals surface area contributed by atoms with Crippen LogP contribution < -0.4 is 5.32 Å². The molecule has 0 unspecified atom stereocenters. The Kier molecular flexibility index (Phi) is 5.84. The van der Waals surface area contributed by atoms with Gasteiger partial charge in [0.25, 0.3) is 5.91 Å². The summed E-state index contributed by atoms with van der Waals surface area (Å²) in [5.41, 5.74) is 1.97. The Morgan fingerprint density at radius 1 is 1.40 bits per heavy atom. The number of nitrogens with zero attached hydrogens (tertiary/aromatic N) is 1. The average Bonchev–Trinajstić information content (AvgIpc) is 2.48. The molecule has 2 rings (SSSR count). The van der Waals surface area contributed by atoms with Crippen molar-refractivity contribution in [3.63, 3.8) is 0 Å². The smallest absolute Gasteiger partial charge is 0.254 e. The second-order valence-corrected chi connectivity index (χ2v) is 6.62. The largest absolute Gasteiger partial charge is 0.339 e. The van der Waals surface area contributed by atoms with E-state index in [0.717, 1.165) is 59.6 Å². The maximum Gasteiger partial charge on any atom is 0.254 e. The number of hydrogen-bond donors (Lipinski definition) is 1. The summed E-state index contributed by atoms with van der Waals surface area (Å²) in [4.78, 5) is 14.6. The third-order valence-electron chi connectivity index (χ3n) is 4.08. The molecule has 0 spiro atoms. The molecule has 0 bridgehead atoms. The zero-order valence-corrected chi connectivity index (χ0v) is 14.4. The third kappa shape index (κ3) is 3.73. The summed E-state index contributed by atoms with van der Waals surface area (Å²) in [6.45, 7) is 8.06. The number of benzene rings is 1. The summed E-state index contributed by atoms with van der Waals surface area (Å²) in [5, 5.41) is 3.41. The summed E-state index contributed by atoms with van der Waals surface area (Å²) in [6.07, 6.45) is 2.23. The molecule has 0 aliphatic carbocycles. The van der Waals surface area contributed by atoms with E-state index in [4.69, 9.17) is 0 Å². The molecule has 20 heavy (non-hydrogen) atoms. The van der Waals surface area contributed by atoms with E-state index in [1.807, 2.05) is 24.0 Å². The van der Waals surface area contributed by atoms with E-state index in [1.54, 1.807) is 0 Å². The Morgan fingerprint density at radius 3 is 2.75 bits per heavy atom. The molecule has 1 aromatic carbocycles. The molecule has 0 saturated carbocycles. The van der Waals surface area contributed by atoms with Crippen LogP contribution in [0.25, 0.3) is 0 Å². The predicted octanol–water partition coefficient (Wildman–Crippen LogP) is 3.06. The van der Waals surface area contributed by atoms with Gasteiger partial charge < -0.3 is 10.2 Å². The fraction of sp³-hybridized carbons (Fsp3) is 0.562. The van der Waals surface area contributed by atoms with Gasteiger partial charge in [0.05, 0.1) is 0 Å². The Balaban J connectivity index is 1.96. The number of likely N-dealkylation sites (tertiary alicyclic amines) is 1. The number of carbonyl (C=O) groups excluding carboxylic acids is 1. The van der Waals surface area contributed by atoms with Crippen LogP contribution in [0.1, 0.15) is 35.7 Å². The Bertz CT molecular complexity index is 468. The maximum atomic E-state index is 12.6. The molecule has 110 valence electrons. The second-order valence-electron chi connectivity index (χ2n) is 5.46. The highest BCUT2D eigenvalue weighted by Gasteiger charge is 2.24. The number of rotatable bonds is 4. The van der Waals surface area contributed by atoms with Gasteiger partial charge in [-0.15, -0.1) is 0 Å². The molecule has 1 aliphatic heterocycles. The van der Waals surface area contributed by atoms with Gasteiger partial charge >= 0.3 is 0 Å². The molecule has 1 fully saturated rings. The summed E-state index contributed by atoms with van der Waals surface area (Å²) in [7, 11) is 0. The highest BCUT2D eigenvalue weighted by atomic mass is 127. The van der Waals surface area contributed by atoms with E-state index < -0.39 is 0 Å². The standard InChI is InChI=1S/C16H23IN2O/c1-3-18-11-13-7-9-19(10-8-13)16(20)14-5-4-6-15(17)12(14)2/h4-6,13,18H,3,7-11H2,1-2H3. The van der Waals surface area contributed by atoms with Gasteiger partial charge in [0.15, 0.2) is 0 Å². The molecule has 1 heterocycles. The first-order valence-corrected chi connectivity index (χ1v) is 8.46. The number of nitrogens with one attached hydrogen (secondary N) is 1. The lowest BCUT2D eigenvalue weighted by Crippen LogP contribution is -2.41. The van der Waals surface area contributed by atoms with E-state index in [-0.39, 0.29) is 5.91 Å².